The molecule has 1 saturated carbocycles. The number of thioether (sulfide) groups is 1. The van der Waals surface area contributed by atoms with Gasteiger partial charge in [0.15, 0.2) is 0 Å². The third kappa shape index (κ3) is 3.01. The molecule has 0 aliphatic heterocycles. The van der Waals surface area contributed by atoms with Crippen molar-refractivity contribution in [3.8, 4) is 0 Å². The molecule has 3 nitrogen and oxygen atoms in total. The summed E-state index contributed by atoms with van der Waals surface area (Å²) >= 11 is 1.64. The first kappa shape index (κ1) is 15.4. The number of benzene rings is 1. The van der Waals surface area contributed by atoms with Crippen LogP contribution in [0.25, 0.3) is 0 Å². The Morgan fingerprint density at radius 2 is 2.30 bits per heavy atom. The van der Waals surface area contributed by atoms with Crippen molar-refractivity contribution >= 4 is 17.7 Å². The van der Waals surface area contributed by atoms with Crippen LogP contribution in [0.15, 0.2) is 23.1 Å². The molecule has 1 aliphatic rings. The van der Waals surface area contributed by atoms with Gasteiger partial charge < -0.3 is 10.4 Å². The summed E-state index contributed by atoms with van der Waals surface area (Å²) in [6.07, 6.45) is 4.99. The molecule has 1 amide bonds. The normalized spacial score (nSPS) is 25.7. The highest BCUT2D eigenvalue weighted by atomic mass is 32.2. The Morgan fingerprint density at radius 1 is 1.55 bits per heavy atom. The summed E-state index contributed by atoms with van der Waals surface area (Å²) in [4.78, 5) is 13.6. The Bertz CT molecular complexity index is 503. The summed E-state index contributed by atoms with van der Waals surface area (Å²) < 4.78 is 0. The van der Waals surface area contributed by atoms with Gasteiger partial charge in [-0.1, -0.05) is 19.4 Å². The third-order valence-corrected chi connectivity index (χ3v) is 5.16. The van der Waals surface area contributed by atoms with Crippen LogP contribution < -0.4 is 5.32 Å². The molecule has 1 aromatic rings. The topological polar surface area (TPSA) is 49.3 Å². The zero-order valence-electron chi connectivity index (χ0n) is 12.4. The number of carbonyl (C=O) groups is 1. The highest BCUT2D eigenvalue weighted by Gasteiger charge is 2.39. The molecule has 4 heteroatoms. The van der Waals surface area contributed by atoms with E-state index in [1.54, 1.807) is 11.8 Å². The lowest BCUT2D eigenvalue weighted by Gasteiger charge is -2.30. The summed E-state index contributed by atoms with van der Waals surface area (Å²) in [7, 11) is 0. The molecule has 110 valence electrons. The fourth-order valence-corrected chi connectivity index (χ4v) is 3.32. The van der Waals surface area contributed by atoms with Crippen molar-refractivity contribution in [2.24, 2.45) is 5.41 Å². The fraction of sp³-hybridized carbons (Fsp3) is 0.562. The first-order valence-corrected chi connectivity index (χ1v) is 8.29. The Kier molecular flexibility index (Phi) is 4.76. The van der Waals surface area contributed by atoms with Crippen LogP contribution in [0.4, 0.5) is 0 Å². The summed E-state index contributed by atoms with van der Waals surface area (Å²) in [5.41, 5.74) is 1.55. The first-order chi connectivity index (χ1) is 9.50. The average Bonchev–Trinajstić information content (AvgIpc) is 2.81. The SMILES string of the molecule is CSc1ccc(C)c(C(=O)NC2CCCC2(C)CO)c1. The molecule has 0 saturated heterocycles. The van der Waals surface area contributed by atoms with Crippen molar-refractivity contribution in [3.63, 3.8) is 0 Å². The van der Waals surface area contributed by atoms with Crippen LogP contribution in [0.5, 0.6) is 0 Å². The smallest absolute Gasteiger partial charge is 0.251 e. The number of amides is 1. The molecule has 0 heterocycles. The lowest BCUT2D eigenvalue weighted by atomic mass is 9.85. The molecule has 0 aromatic heterocycles. The van der Waals surface area contributed by atoms with Gasteiger partial charge in [-0.3, -0.25) is 4.79 Å². The molecule has 20 heavy (non-hydrogen) atoms. The maximum Gasteiger partial charge on any atom is 0.251 e. The summed E-state index contributed by atoms with van der Waals surface area (Å²) in [5, 5.41) is 12.7. The molecule has 2 N–H and O–H groups in total. The van der Waals surface area contributed by atoms with E-state index in [9.17, 15) is 9.90 Å². The minimum atomic E-state index is -0.180. The van der Waals surface area contributed by atoms with Gasteiger partial charge in [-0.25, -0.2) is 0 Å². The molecular weight excluding hydrogens is 270 g/mol. The van der Waals surface area contributed by atoms with E-state index in [1.165, 1.54) is 0 Å². The van der Waals surface area contributed by atoms with E-state index in [-0.39, 0.29) is 24.0 Å². The summed E-state index contributed by atoms with van der Waals surface area (Å²) in [6.45, 7) is 4.14. The number of rotatable bonds is 4. The largest absolute Gasteiger partial charge is 0.396 e. The Balaban J connectivity index is 2.16. The van der Waals surface area contributed by atoms with Gasteiger partial charge in [0.1, 0.15) is 0 Å². The van der Waals surface area contributed by atoms with Crippen LogP contribution in [0.3, 0.4) is 0 Å². The zero-order chi connectivity index (χ0) is 14.8. The fourth-order valence-electron chi connectivity index (χ4n) is 2.88. The average molecular weight is 293 g/mol. The number of aliphatic hydroxyl groups is 1. The second-order valence-electron chi connectivity index (χ2n) is 5.91. The molecular formula is C16H23NO2S. The van der Waals surface area contributed by atoms with Crippen LogP contribution in [-0.2, 0) is 0 Å². The van der Waals surface area contributed by atoms with Crippen molar-refractivity contribution in [2.45, 2.75) is 44.0 Å². The monoisotopic (exact) mass is 293 g/mol. The maximum absolute atomic E-state index is 12.5. The van der Waals surface area contributed by atoms with E-state index >= 15 is 0 Å². The van der Waals surface area contributed by atoms with Crippen molar-refractivity contribution in [1.82, 2.24) is 5.32 Å². The van der Waals surface area contributed by atoms with Gasteiger partial charge in [-0.05, 0) is 43.7 Å². The molecule has 2 rings (SSSR count). The lowest BCUT2D eigenvalue weighted by molar-refractivity contribution is 0.0830. The van der Waals surface area contributed by atoms with E-state index in [2.05, 4.69) is 12.2 Å². The number of carbonyl (C=O) groups excluding carboxylic acids is 1. The van der Waals surface area contributed by atoms with Crippen molar-refractivity contribution in [2.75, 3.05) is 12.9 Å². The molecule has 1 aliphatic carbocycles. The number of aliphatic hydroxyl groups excluding tert-OH is 1. The third-order valence-electron chi connectivity index (χ3n) is 4.44. The maximum atomic E-state index is 12.5. The van der Waals surface area contributed by atoms with Crippen molar-refractivity contribution < 1.29 is 9.90 Å². The van der Waals surface area contributed by atoms with Gasteiger partial charge in [0.2, 0.25) is 0 Å². The minimum Gasteiger partial charge on any atom is -0.396 e. The second-order valence-corrected chi connectivity index (χ2v) is 6.79. The van der Waals surface area contributed by atoms with Gasteiger partial charge >= 0.3 is 0 Å². The van der Waals surface area contributed by atoms with Crippen LogP contribution in [-0.4, -0.2) is 29.9 Å². The Morgan fingerprint density at radius 3 is 2.95 bits per heavy atom. The quantitative estimate of drug-likeness (QED) is 0.839. The first-order valence-electron chi connectivity index (χ1n) is 7.06. The molecule has 0 spiro atoms. The van der Waals surface area contributed by atoms with E-state index in [1.807, 2.05) is 31.4 Å². The van der Waals surface area contributed by atoms with Crippen molar-refractivity contribution in [3.05, 3.63) is 29.3 Å². The van der Waals surface area contributed by atoms with Gasteiger partial charge in [0.25, 0.3) is 5.91 Å². The van der Waals surface area contributed by atoms with E-state index in [0.29, 0.717) is 0 Å². The van der Waals surface area contributed by atoms with Crippen molar-refractivity contribution in [1.29, 1.82) is 0 Å². The van der Waals surface area contributed by atoms with Gasteiger partial charge in [0, 0.05) is 21.9 Å². The number of aryl methyl sites for hydroxylation is 1. The predicted octanol–water partition coefficient (Wildman–Crippen LogP) is 3.00. The summed E-state index contributed by atoms with van der Waals surface area (Å²) in [6, 6.07) is 6.03. The highest BCUT2D eigenvalue weighted by Crippen LogP contribution is 2.37. The number of hydrogen-bond acceptors (Lipinski definition) is 3. The predicted molar refractivity (Wildman–Crippen MR) is 83.3 cm³/mol. The van der Waals surface area contributed by atoms with E-state index < -0.39 is 0 Å². The number of hydrogen-bond donors (Lipinski definition) is 2. The van der Waals surface area contributed by atoms with Crippen LogP contribution in [0, 0.1) is 12.3 Å². The number of nitrogens with one attached hydrogen (secondary N) is 1. The second kappa shape index (κ2) is 6.19. The Hall–Kier alpha value is -1.00. The molecule has 0 bridgehead atoms. The van der Waals surface area contributed by atoms with Crippen LogP contribution in [0.1, 0.15) is 42.1 Å². The Labute approximate surface area is 125 Å². The highest BCUT2D eigenvalue weighted by molar-refractivity contribution is 7.98. The van der Waals surface area contributed by atoms with E-state index in [4.69, 9.17) is 0 Å². The van der Waals surface area contributed by atoms with E-state index in [0.717, 1.165) is 35.3 Å². The molecule has 1 aromatic carbocycles. The zero-order valence-corrected chi connectivity index (χ0v) is 13.2. The molecule has 2 atom stereocenters. The summed E-state index contributed by atoms with van der Waals surface area (Å²) in [5.74, 6) is -0.0232. The standard InChI is InChI=1S/C16H23NO2S/c1-11-6-7-12(20-3)9-13(11)15(19)17-14-5-4-8-16(14,2)10-18/h6-7,9,14,18H,4-5,8,10H2,1-3H3,(H,17,19). The molecule has 1 fully saturated rings. The van der Waals surface area contributed by atoms with Crippen LogP contribution in [0.2, 0.25) is 0 Å². The van der Waals surface area contributed by atoms with Gasteiger partial charge in [-0.15, -0.1) is 11.8 Å². The van der Waals surface area contributed by atoms with Gasteiger partial charge in [-0.2, -0.15) is 0 Å². The van der Waals surface area contributed by atoms with Gasteiger partial charge in [0.05, 0.1) is 6.61 Å². The molecule has 0 radical (unpaired) electrons. The minimum absolute atomic E-state index is 0.0232. The molecule has 2 unspecified atom stereocenters. The van der Waals surface area contributed by atoms with Crippen LogP contribution >= 0.6 is 11.8 Å². The lowest BCUT2D eigenvalue weighted by Crippen LogP contribution is -2.44.